The number of anilines is 1. The van der Waals surface area contributed by atoms with Crippen molar-refractivity contribution in [2.75, 3.05) is 12.4 Å². The average Bonchev–Trinajstić information content (AvgIpc) is 2.72. The topological polar surface area (TPSA) is 76.1 Å². The summed E-state index contributed by atoms with van der Waals surface area (Å²) in [5.41, 5.74) is 3.60. The van der Waals surface area contributed by atoms with Gasteiger partial charge in [0.25, 0.3) is 5.91 Å². The second-order valence-corrected chi connectivity index (χ2v) is 6.06. The van der Waals surface area contributed by atoms with Crippen molar-refractivity contribution in [3.8, 4) is 5.75 Å². The van der Waals surface area contributed by atoms with Gasteiger partial charge in [-0.2, -0.15) is 0 Å². The quantitative estimate of drug-likeness (QED) is 0.674. The van der Waals surface area contributed by atoms with Crippen LogP contribution in [-0.4, -0.2) is 23.0 Å². The number of carbonyl (C=O) groups is 1. The summed E-state index contributed by atoms with van der Waals surface area (Å²) in [4.78, 5) is 20.7. The van der Waals surface area contributed by atoms with Gasteiger partial charge in [-0.25, -0.2) is 9.97 Å². The number of aromatic nitrogens is 2. The highest BCUT2D eigenvalue weighted by atomic mass is 16.5. The molecule has 0 saturated carbocycles. The first kappa shape index (κ1) is 18.4. The number of aryl methyl sites for hydroxylation is 1. The molecule has 0 aliphatic heterocycles. The van der Waals surface area contributed by atoms with Crippen LogP contribution in [-0.2, 0) is 13.1 Å². The molecular formula is C21H22N4O2. The summed E-state index contributed by atoms with van der Waals surface area (Å²) in [6.07, 6.45) is 1.39. The van der Waals surface area contributed by atoms with Crippen molar-refractivity contribution in [3.05, 3.63) is 83.3 Å². The van der Waals surface area contributed by atoms with E-state index in [1.165, 1.54) is 17.5 Å². The van der Waals surface area contributed by atoms with E-state index in [0.29, 0.717) is 24.6 Å². The number of ether oxygens (including phenoxy) is 1. The summed E-state index contributed by atoms with van der Waals surface area (Å²) in [6.45, 7) is 3.05. The van der Waals surface area contributed by atoms with E-state index in [0.717, 1.165) is 11.3 Å². The van der Waals surface area contributed by atoms with Crippen LogP contribution < -0.4 is 15.4 Å². The molecule has 6 nitrogen and oxygen atoms in total. The monoisotopic (exact) mass is 362 g/mol. The second-order valence-electron chi connectivity index (χ2n) is 6.06. The first-order valence-corrected chi connectivity index (χ1v) is 8.68. The average molecular weight is 362 g/mol. The predicted molar refractivity (Wildman–Crippen MR) is 105 cm³/mol. The zero-order valence-corrected chi connectivity index (χ0v) is 15.4. The molecule has 0 unspecified atom stereocenters. The van der Waals surface area contributed by atoms with Gasteiger partial charge in [-0.05, 0) is 24.1 Å². The van der Waals surface area contributed by atoms with E-state index in [-0.39, 0.29) is 5.91 Å². The molecule has 0 aliphatic carbocycles. The third kappa shape index (κ3) is 4.82. The molecule has 1 heterocycles. The van der Waals surface area contributed by atoms with Crippen LogP contribution in [0.4, 0.5) is 5.82 Å². The normalized spacial score (nSPS) is 10.3. The van der Waals surface area contributed by atoms with Crippen LogP contribution in [0.1, 0.15) is 27.2 Å². The van der Waals surface area contributed by atoms with Crippen LogP contribution in [0, 0.1) is 6.92 Å². The van der Waals surface area contributed by atoms with Gasteiger partial charge in [0.1, 0.15) is 23.6 Å². The summed E-state index contributed by atoms with van der Waals surface area (Å²) >= 11 is 0. The van der Waals surface area contributed by atoms with Gasteiger partial charge in [-0.3, -0.25) is 4.79 Å². The van der Waals surface area contributed by atoms with Gasteiger partial charge >= 0.3 is 0 Å². The Bertz CT molecular complexity index is 927. The van der Waals surface area contributed by atoms with Gasteiger partial charge in [0.15, 0.2) is 0 Å². The van der Waals surface area contributed by atoms with Crippen molar-refractivity contribution in [2.24, 2.45) is 0 Å². The first-order chi connectivity index (χ1) is 13.2. The van der Waals surface area contributed by atoms with E-state index >= 15 is 0 Å². The lowest BCUT2D eigenvalue weighted by atomic mass is 10.1. The standard InChI is InChI=1S/C21H22N4O2/c1-15-7-3-4-8-16(15)12-22-20-11-18(24-14-25-20)21(26)23-13-17-9-5-6-10-19(17)27-2/h3-11,14H,12-13H2,1-2H3,(H,23,26)(H,22,24,25). The van der Waals surface area contributed by atoms with Crippen LogP contribution in [0.5, 0.6) is 5.75 Å². The number of benzene rings is 2. The number of nitrogens with zero attached hydrogens (tertiary/aromatic N) is 2. The van der Waals surface area contributed by atoms with Crippen molar-refractivity contribution in [1.82, 2.24) is 15.3 Å². The molecule has 3 rings (SSSR count). The van der Waals surface area contributed by atoms with Crippen molar-refractivity contribution in [3.63, 3.8) is 0 Å². The SMILES string of the molecule is COc1ccccc1CNC(=O)c1cc(NCc2ccccc2C)ncn1. The van der Waals surface area contributed by atoms with E-state index in [9.17, 15) is 4.79 Å². The molecule has 0 radical (unpaired) electrons. The fourth-order valence-electron chi connectivity index (χ4n) is 2.69. The van der Waals surface area contributed by atoms with E-state index < -0.39 is 0 Å². The summed E-state index contributed by atoms with van der Waals surface area (Å²) < 4.78 is 5.30. The molecule has 0 saturated heterocycles. The van der Waals surface area contributed by atoms with Gasteiger partial charge in [-0.1, -0.05) is 42.5 Å². The Labute approximate surface area is 158 Å². The summed E-state index contributed by atoms with van der Waals surface area (Å²) in [7, 11) is 1.61. The number of rotatable bonds is 7. The highest BCUT2D eigenvalue weighted by Crippen LogP contribution is 2.17. The zero-order chi connectivity index (χ0) is 19.1. The van der Waals surface area contributed by atoms with E-state index in [1.54, 1.807) is 13.2 Å². The Hall–Kier alpha value is -3.41. The molecule has 3 aromatic rings. The zero-order valence-electron chi connectivity index (χ0n) is 15.4. The molecule has 1 aromatic heterocycles. The molecule has 138 valence electrons. The molecule has 0 atom stereocenters. The maximum absolute atomic E-state index is 12.4. The molecule has 2 aromatic carbocycles. The molecule has 0 bridgehead atoms. The molecule has 0 fully saturated rings. The van der Waals surface area contributed by atoms with Gasteiger partial charge < -0.3 is 15.4 Å². The van der Waals surface area contributed by atoms with Crippen LogP contribution >= 0.6 is 0 Å². The molecule has 27 heavy (non-hydrogen) atoms. The smallest absolute Gasteiger partial charge is 0.270 e. The number of carbonyl (C=O) groups excluding carboxylic acids is 1. The van der Waals surface area contributed by atoms with Crippen LogP contribution in [0.15, 0.2) is 60.9 Å². The highest BCUT2D eigenvalue weighted by Gasteiger charge is 2.10. The number of nitrogens with one attached hydrogen (secondary N) is 2. The maximum atomic E-state index is 12.4. The van der Waals surface area contributed by atoms with E-state index in [4.69, 9.17) is 4.74 Å². The Balaban J connectivity index is 1.62. The fourth-order valence-corrected chi connectivity index (χ4v) is 2.69. The van der Waals surface area contributed by atoms with Gasteiger partial charge in [0.05, 0.1) is 7.11 Å². The minimum atomic E-state index is -0.262. The third-order valence-corrected chi connectivity index (χ3v) is 4.25. The minimum absolute atomic E-state index is 0.262. The lowest BCUT2D eigenvalue weighted by Crippen LogP contribution is -2.24. The largest absolute Gasteiger partial charge is 0.496 e. The van der Waals surface area contributed by atoms with Crippen molar-refractivity contribution < 1.29 is 9.53 Å². The van der Waals surface area contributed by atoms with Crippen LogP contribution in [0.2, 0.25) is 0 Å². The number of hydrogen-bond acceptors (Lipinski definition) is 5. The molecular weight excluding hydrogens is 340 g/mol. The molecule has 6 heteroatoms. The molecule has 2 N–H and O–H groups in total. The van der Waals surface area contributed by atoms with Crippen molar-refractivity contribution in [1.29, 1.82) is 0 Å². The third-order valence-electron chi connectivity index (χ3n) is 4.25. The van der Waals surface area contributed by atoms with Gasteiger partial charge in [0, 0.05) is 24.7 Å². The van der Waals surface area contributed by atoms with Crippen LogP contribution in [0.25, 0.3) is 0 Å². The van der Waals surface area contributed by atoms with Crippen molar-refractivity contribution in [2.45, 2.75) is 20.0 Å². The number of methoxy groups -OCH3 is 1. The Morgan fingerprint density at radius 2 is 1.74 bits per heavy atom. The Morgan fingerprint density at radius 3 is 2.52 bits per heavy atom. The summed E-state index contributed by atoms with van der Waals surface area (Å²) in [5, 5.41) is 6.10. The first-order valence-electron chi connectivity index (χ1n) is 8.68. The molecule has 0 spiro atoms. The molecule has 0 aliphatic rings. The number of hydrogen-bond donors (Lipinski definition) is 2. The fraction of sp³-hybridized carbons (Fsp3) is 0.190. The van der Waals surface area contributed by atoms with Crippen molar-refractivity contribution >= 4 is 11.7 Å². The Morgan fingerprint density at radius 1 is 1.00 bits per heavy atom. The molecule has 1 amide bonds. The maximum Gasteiger partial charge on any atom is 0.270 e. The van der Waals surface area contributed by atoms with E-state index in [1.807, 2.05) is 36.4 Å². The summed E-state index contributed by atoms with van der Waals surface area (Å²) in [6, 6.07) is 17.3. The predicted octanol–water partition coefficient (Wildman–Crippen LogP) is 3.34. The highest BCUT2D eigenvalue weighted by molar-refractivity contribution is 5.92. The van der Waals surface area contributed by atoms with Gasteiger partial charge in [0.2, 0.25) is 0 Å². The van der Waals surface area contributed by atoms with E-state index in [2.05, 4.69) is 39.7 Å². The number of amides is 1. The lowest BCUT2D eigenvalue weighted by molar-refractivity contribution is 0.0945. The minimum Gasteiger partial charge on any atom is -0.496 e. The number of para-hydroxylation sites is 1. The van der Waals surface area contributed by atoms with Crippen LogP contribution in [0.3, 0.4) is 0 Å². The Kier molecular flexibility index (Phi) is 5.99. The second kappa shape index (κ2) is 8.80. The van der Waals surface area contributed by atoms with Gasteiger partial charge in [-0.15, -0.1) is 0 Å². The lowest BCUT2D eigenvalue weighted by Gasteiger charge is -2.10. The summed E-state index contributed by atoms with van der Waals surface area (Å²) in [5.74, 6) is 1.08.